The average Bonchev–Trinajstić information content (AvgIpc) is 3.16. The Kier molecular flexibility index (Phi) is 2.22. The molecule has 0 saturated heterocycles. The van der Waals surface area contributed by atoms with Gasteiger partial charge in [-0.2, -0.15) is 0 Å². The first-order valence-corrected chi connectivity index (χ1v) is 7.34. The Labute approximate surface area is 126 Å². The second kappa shape index (κ2) is 4.21. The van der Waals surface area contributed by atoms with Gasteiger partial charge in [0.1, 0.15) is 5.65 Å². The van der Waals surface area contributed by atoms with Gasteiger partial charge in [0.25, 0.3) is 0 Å². The third kappa shape index (κ3) is 1.48. The molecule has 2 aromatic carbocycles. The Morgan fingerprint density at radius 3 is 2.55 bits per heavy atom. The first-order chi connectivity index (χ1) is 10.9. The van der Waals surface area contributed by atoms with Gasteiger partial charge in [0, 0.05) is 34.2 Å². The second-order valence-electron chi connectivity index (χ2n) is 5.51. The van der Waals surface area contributed by atoms with Crippen molar-refractivity contribution in [1.82, 2.24) is 15.0 Å². The highest BCUT2D eigenvalue weighted by atomic mass is 14.9. The molecule has 3 heteroatoms. The van der Waals surface area contributed by atoms with Crippen LogP contribution in [0.2, 0.25) is 0 Å². The van der Waals surface area contributed by atoms with Crippen molar-refractivity contribution in [2.45, 2.75) is 0 Å². The Hall–Kier alpha value is -3.07. The number of H-pyrrole nitrogens is 2. The first-order valence-electron chi connectivity index (χ1n) is 7.34. The lowest BCUT2D eigenvalue weighted by Gasteiger charge is -1.99. The molecule has 3 heterocycles. The molecule has 0 saturated carbocycles. The number of pyridine rings is 1. The lowest BCUT2D eigenvalue weighted by molar-refractivity contribution is 1.36. The van der Waals surface area contributed by atoms with Crippen LogP contribution < -0.4 is 0 Å². The summed E-state index contributed by atoms with van der Waals surface area (Å²) in [6, 6.07) is 18.7. The van der Waals surface area contributed by atoms with Crippen LogP contribution in [0.3, 0.4) is 0 Å². The van der Waals surface area contributed by atoms with E-state index in [2.05, 4.69) is 63.6 Å². The Morgan fingerprint density at radius 1 is 0.818 bits per heavy atom. The molecular weight excluding hydrogens is 270 g/mol. The third-order valence-corrected chi connectivity index (χ3v) is 4.26. The number of fused-ring (bicyclic) bond motifs is 5. The van der Waals surface area contributed by atoms with Crippen LogP contribution in [0.15, 0.2) is 67.0 Å². The quantitative estimate of drug-likeness (QED) is 0.453. The molecule has 5 rings (SSSR count). The van der Waals surface area contributed by atoms with E-state index in [0.29, 0.717) is 0 Å². The van der Waals surface area contributed by atoms with Crippen LogP contribution >= 0.6 is 0 Å². The van der Waals surface area contributed by atoms with Gasteiger partial charge in [0.15, 0.2) is 0 Å². The van der Waals surface area contributed by atoms with Gasteiger partial charge in [-0.1, -0.05) is 48.5 Å². The van der Waals surface area contributed by atoms with Crippen molar-refractivity contribution in [3.8, 4) is 11.1 Å². The normalized spacial score (nSPS) is 11.6. The van der Waals surface area contributed by atoms with E-state index in [4.69, 9.17) is 0 Å². The van der Waals surface area contributed by atoms with E-state index in [-0.39, 0.29) is 0 Å². The molecule has 0 aliphatic heterocycles. The summed E-state index contributed by atoms with van der Waals surface area (Å²) in [4.78, 5) is 11.5. The van der Waals surface area contributed by atoms with Crippen LogP contribution in [0.1, 0.15) is 0 Å². The van der Waals surface area contributed by atoms with Crippen molar-refractivity contribution in [1.29, 1.82) is 0 Å². The van der Waals surface area contributed by atoms with E-state index >= 15 is 0 Å². The maximum Gasteiger partial charge on any atom is 0.140 e. The number of nitrogens with zero attached hydrogens (tertiary/aromatic N) is 1. The molecule has 0 aliphatic rings. The third-order valence-electron chi connectivity index (χ3n) is 4.26. The topological polar surface area (TPSA) is 44.5 Å². The summed E-state index contributed by atoms with van der Waals surface area (Å²) in [7, 11) is 0. The fraction of sp³-hybridized carbons (Fsp3) is 0. The Morgan fingerprint density at radius 2 is 1.64 bits per heavy atom. The molecule has 22 heavy (non-hydrogen) atoms. The number of aromatic amines is 2. The first kappa shape index (κ1) is 11.6. The zero-order valence-corrected chi connectivity index (χ0v) is 11.8. The minimum atomic E-state index is 0.926. The average molecular weight is 283 g/mol. The van der Waals surface area contributed by atoms with Crippen molar-refractivity contribution in [3.05, 3.63) is 67.0 Å². The summed E-state index contributed by atoms with van der Waals surface area (Å²) in [5, 5.41) is 3.52. The van der Waals surface area contributed by atoms with Gasteiger partial charge in [0.05, 0.1) is 10.9 Å². The number of hydrogen-bond acceptors (Lipinski definition) is 1. The highest BCUT2D eigenvalue weighted by Gasteiger charge is 2.13. The second-order valence-corrected chi connectivity index (χ2v) is 5.51. The molecule has 0 aliphatic carbocycles. The van der Waals surface area contributed by atoms with Gasteiger partial charge in [-0.3, -0.25) is 0 Å². The van der Waals surface area contributed by atoms with Gasteiger partial charge in [-0.25, -0.2) is 4.98 Å². The number of rotatable bonds is 1. The predicted octanol–water partition coefficient (Wildman–Crippen LogP) is 4.86. The summed E-state index contributed by atoms with van der Waals surface area (Å²) in [5.74, 6) is 0. The number of benzene rings is 2. The molecule has 0 amide bonds. The summed E-state index contributed by atoms with van der Waals surface area (Å²) >= 11 is 0. The highest BCUT2D eigenvalue weighted by molar-refractivity contribution is 6.19. The zero-order valence-electron chi connectivity index (χ0n) is 11.8. The van der Waals surface area contributed by atoms with Crippen LogP contribution in [0.5, 0.6) is 0 Å². The van der Waals surface area contributed by atoms with Crippen molar-refractivity contribution >= 4 is 32.8 Å². The Balaban J connectivity index is 1.93. The van der Waals surface area contributed by atoms with Crippen molar-refractivity contribution in [3.63, 3.8) is 0 Å². The molecule has 2 N–H and O–H groups in total. The fourth-order valence-corrected chi connectivity index (χ4v) is 3.24. The van der Waals surface area contributed by atoms with Gasteiger partial charge in [-0.05, 0) is 11.6 Å². The number of hydrogen-bond donors (Lipinski definition) is 2. The van der Waals surface area contributed by atoms with E-state index in [1.807, 2.05) is 18.3 Å². The van der Waals surface area contributed by atoms with Gasteiger partial charge in [0.2, 0.25) is 0 Å². The lowest BCUT2D eigenvalue weighted by Crippen LogP contribution is -1.79. The standard InChI is InChI=1S/C19H13N3/c1-2-6-12(7-3-1)14-10-20-18-15(14)11-21-19-17(18)13-8-4-5-9-16(13)22-19/h1-11,20H,(H,21,22). The largest absolute Gasteiger partial charge is 0.360 e. The van der Waals surface area contributed by atoms with E-state index in [1.165, 1.54) is 16.5 Å². The van der Waals surface area contributed by atoms with Crippen LogP contribution in [-0.4, -0.2) is 15.0 Å². The van der Waals surface area contributed by atoms with Crippen molar-refractivity contribution in [2.75, 3.05) is 0 Å². The summed E-state index contributed by atoms with van der Waals surface area (Å²) in [5.41, 5.74) is 5.58. The molecular formula is C19H13N3. The number of aromatic nitrogens is 3. The lowest BCUT2D eigenvalue weighted by atomic mass is 10.0. The molecule has 0 unspecified atom stereocenters. The monoisotopic (exact) mass is 283 g/mol. The summed E-state index contributed by atoms with van der Waals surface area (Å²) in [6.45, 7) is 0. The molecule has 0 radical (unpaired) electrons. The van der Waals surface area contributed by atoms with Crippen LogP contribution in [0.25, 0.3) is 44.0 Å². The molecule has 104 valence electrons. The van der Waals surface area contributed by atoms with Crippen LogP contribution in [0.4, 0.5) is 0 Å². The van der Waals surface area contributed by atoms with E-state index in [1.54, 1.807) is 0 Å². The smallest absolute Gasteiger partial charge is 0.140 e. The SMILES string of the molecule is c1ccc(-c2c[nH]c3c2cnc2[nH]c4ccccc4c23)cc1. The van der Waals surface area contributed by atoms with Crippen molar-refractivity contribution in [2.24, 2.45) is 0 Å². The number of para-hydroxylation sites is 1. The maximum atomic E-state index is 4.63. The summed E-state index contributed by atoms with van der Waals surface area (Å²) in [6.07, 6.45) is 4.02. The number of nitrogens with one attached hydrogen (secondary N) is 2. The molecule has 0 atom stereocenters. The maximum absolute atomic E-state index is 4.63. The van der Waals surface area contributed by atoms with Crippen LogP contribution in [0, 0.1) is 0 Å². The van der Waals surface area contributed by atoms with Gasteiger partial charge in [-0.15, -0.1) is 0 Å². The minimum absolute atomic E-state index is 0.926. The highest BCUT2D eigenvalue weighted by Crippen LogP contribution is 2.35. The minimum Gasteiger partial charge on any atom is -0.360 e. The van der Waals surface area contributed by atoms with E-state index < -0.39 is 0 Å². The van der Waals surface area contributed by atoms with Gasteiger partial charge >= 0.3 is 0 Å². The van der Waals surface area contributed by atoms with Crippen molar-refractivity contribution < 1.29 is 0 Å². The Bertz CT molecular complexity index is 1120. The fourth-order valence-electron chi connectivity index (χ4n) is 3.24. The van der Waals surface area contributed by atoms with E-state index in [9.17, 15) is 0 Å². The molecule has 3 aromatic heterocycles. The molecule has 5 aromatic rings. The predicted molar refractivity (Wildman–Crippen MR) is 90.9 cm³/mol. The molecule has 0 spiro atoms. The zero-order chi connectivity index (χ0) is 14.5. The molecule has 0 fully saturated rings. The van der Waals surface area contributed by atoms with E-state index in [0.717, 1.165) is 27.5 Å². The van der Waals surface area contributed by atoms with Gasteiger partial charge < -0.3 is 9.97 Å². The summed E-state index contributed by atoms with van der Waals surface area (Å²) < 4.78 is 0. The molecule has 0 bridgehead atoms. The van der Waals surface area contributed by atoms with Crippen LogP contribution in [-0.2, 0) is 0 Å². The molecule has 3 nitrogen and oxygen atoms in total.